The van der Waals surface area contributed by atoms with Crippen LogP contribution in [-0.4, -0.2) is 23.3 Å². The molecule has 0 aromatic rings. The van der Waals surface area contributed by atoms with E-state index in [2.05, 4.69) is 5.32 Å². The first-order valence-corrected chi connectivity index (χ1v) is 5.30. The van der Waals surface area contributed by atoms with Gasteiger partial charge in [0.1, 0.15) is 0 Å². The van der Waals surface area contributed by atoms with Gasteiger partial charge in [-0.3, -0.25) is 14.9 Å². The molecule has 2 saturated heterocycles. The van der Waals surface area contributed by atoms with Gasteiger partial charge >= 0.3 is 0 Å². The van der Waals surface area contributed by atoms with E-state index in [1.54, 1.807) is 11.8 Å². The summed E-state index contributed by atoms with van der Waals surface area (Å²) in [5.74, 6) is 1.82. The highest BCUT2D eigenvalue weighted by Crippen LogP contribution is 2.40. The van der Waals surface area contributed by atoms with Crippen molar-refractivity contribution in [1.29, 1.82) is 0 Å². The van der Waals surface area contributed by atoms with E-state index < -0.39 is 0 Å². The summed E-state index contributed by atoms with van der Waals surface area (Å²) in [5, 5.41) is 2.39. The summed E-state index contributed by atoms with van der Waals surface area (Å²) in [7, 11) is 0. The average Bonchev–Trinajstić information content (AvgIpc) is 2.29. The van der Waals surface area contributed by atoms with Gasteiger partial charge in [0, 0.05) is 12.2 Å². The number of hydrogen-bond donors (Lipinski definition) is 1. The third kappa shape index (κ3) is 1.14. The van der Waals surface area contributed by atoms with E-state index in [9.17, 15) is 9.59 Å². The third-order valence-electron chi connectivity index (χ3n) is 2.56. The number of carbonyl (C=O) groups is 2. The minimum absolute atomic E-state index is 0.0419. The van der Waals surface area contributed by atoms with Gasteiger partial charge in [-0.15, -0.1) is 0 Å². The average molecular weight is 185 g/mol. The molecule has 0 aliphatic carbocycles. The molecule has 2 heterocycles. The molecule has 1 unspecified atom stereocenters. The quantitative estimate of drug-likeness (QED) is 0.560. The van der Waals surface area contributed by atoms with Crippen LogP contribution in [0, 0.1) is 5.41 Å². The largest absolute Gasteiger partial charge is 0.296 e. The standard InChI is InChI=1S/C8H11NO2S/c10-6-4-8(7(11)9-6)2-1-3-12-5-8/h1-5H2,(H,9,10,11). The van der Waals surface area contributed by atoms with Gasteiger partial charge in [0.2, 0.25) is 11.8 Å². The van der Waals surface area contributed by atoms with E-state index >= 15 is 0 Å². The van der Waals surface area contributed by atoms with Crippen molar-refractivity contribution in [2.75, 3.05) is 11.5 Å². The number of hydrogen-bond acceptors (Lipinski definition) is 3. The molecule has 3 nitrogen and oxygen atoms in total. The molecule has 0 saturated carbocycles. The first-order chi connectivity index (χ1) is 5.73. The fraction of sp³-hybridized carbons (Fsp3) is 0.750. The van der Waals surface area contributed by atoms with Crippen LogP contribution in [0.2, 0.25) is 0 Å². The maximum Gasteiger partial charge on any atom is 0.234 e. The second kappa shape index (κ2) is 2.76. The minimum Gasteiger partial charge on any atom is -0.296 e. The lowest BCUT2D eigenvalue weighted by Gasteiger charge is -2.28. The van der Waals surface area contributed by atoms with E-state index in [1.165, 1.54) is 0 Å². The molecular weight excluding hydrogens is 174 g/mol. The van der Waals surface area contributed by atoms with E-state index in [0.29, 0.717) is 6.42 Å². The van der Waals surface area contributed by atoms with Crippen molar-refractivity contribution in [2.24, 2.45) is 5.41 Å². The Balaban J connectivity index is 2.18. The van der Waals surface area contributed by atoms with E-state index in [0.717, 1.165) is 24.3 Å². The van der Waals surface area contributed by atoms with Gasteiger partial charge in [0.05, 0.1) is 5.41 Å². The minimum atomic E-state index is -0.333. The molecule has 2 rings (SSSR count). The molecule has 1 atom stereocenters. The summed E-state index contributed by atoms with van der Waals surface area (Å²) in [4.78, 5) is 22.4. The smallest absolute Gasteiger partial charge is 0.234 e. The highest BCUT2D eigenvalue weighted by Gasteiger charge is 2.47. The summed E-state index contributed by atoms with van der Waals surface area (Å²) >= 11 is 1.78. The zero-order chi connectivity index (χ0) is 8.60. The molecule has 0 radical (unpaired) electrons. The predicted octanol–water partition coefficient (Wildman–Crippen LogP) is 0.546. The van der Waals surface area contributed by atoms with Crippen LogP contribution in [0.15, 0.2) is 0 Å². The second-order valence-corrected chi connectivity index (χ2v) is 4.60. The van der Waals surface area contributed by atoms with Crippen LogP contribution >= 0.6 is 11.8 Å². The van der Waals surface area contributed by atoms with Gasteiger partial charge in [-0.25, -0.2) is 0 Å². The maximum atomic E-state index is 11.4. The van der Waals surface area contributed by atoms with Crippen molar-refractivity contribution in [1.82, 2.24) is 5.32 Å². The Hall–Kier alpha value is -0.510. The molecule has 2 fully saturated rings. The van der Waals surface area contributed by atoms with Gasteiger partial charge < -0.3 is 0 Å². The number of imide groups is 1. The summed E-state index contributed by atoms with van der Waals surface area (Å²) < 4.78 is 0. The van der Waals surface area contributed by atoms with Crippen LogP contribution in [0.1, 0.15) is 19.3 Å². The molecule has 12 heavy (non-hydrogen) atoms. The van der Waals surface area contributed by atoms with Crippen molar-refractivity contribution >= 4 is 23.6 Å². The van der Waals surface area contributed by atoms with Gasteiger partial charge in [0.15, 0.2) is 0 Å². The monoisotopic (exact) mass is 185 g/mol. The van der Waals surface area contributed by atoms with Gasteiger partial charge in [0.25, 0.3) is 0 Å². The molecule has 1 spiro atoms. The summed E-state index contributed by atoms with van der Waals surface area (Å²) in [6.45, 7) is 0. The number of rotatable bonds is 0. The Kier molecular flexibility index (Phi) is 1.87. The van der Waals surface area contributed by atoms with Crippen LogP contribution in [0.25, 0.3) is 0 Å². The van der Waals surface area contributed by atoms with Crippen LogP contribution in [0.4, 0.5) is 0 Å². The molecule has 2 aliphatic heterocycles. The van der Waals surface area contributed by atoms with Crippen molar-refractivity contribution in [3.8, 4) is 0 Å². The van der Waals surface area contributed by atoms with Crippen LogP contribution in [-0.2, 0) is 9.59 Å². The SMILES string of the molecule is O=C1CC2(CCCSC2)C(=O)N1. The van der Waals surface area contributed by atoms with Crippen molar-refractivity contribution in [3.05, 3.63) is 0 Å². The van der Waals surface area contributed by atoms with Crippen LogP contribution < -0.4 is 5.32 Å². The number of thioether (sulfide) groups is 1. The highest BCUT2D eigenvalue weighted by molar-refractivity contribution is 7.99. The van der Waals surface area contributed by atoms with E-state index in [1.807, 2.05) is 0 Å². The molecule has 0 aromatic heterocycles. The zero-order valence-electron chi connectivity index (χ0n) is 6.76. The van der Waals surface area contributed by atoms with Gasteiger partial charge in [-0.2, -0.15) is 11.8 Å². The van der Waals surface area contributed by atoms with Gasteiger partial charge in [-0.05, 0) is 18.6 Å². The molecule has 4 heteroatoms. The molecule has 0 aromatic carbocycles. The first kappa shape index (κ1) is 8.10. The lowest BCUT2D eigenvalue weighted by molar-refractivity contribution is -0.128. The highest BCUT2D eigenvalue weighted by atomic mass is 32.2. The second-order valence-electron chi connectivity index (χ2n) is 3.49. The Morgan fingerprint density at radius 3 is 2.75 bits per heavy atom. The Bertz CT molecular complexity index is 233. The maximum absolute atomic E-state index is 11.4. The number of nitrogens with one attached hydrogen (secondary N) is 1. The molecule has 66 valence electrons. The fourth-order valence-corrected chi connectivity index (χ4v) is 3.12. The molecule has 0 bridgehead atoms. The number of carbonyl (C=O) groups excluding carboxylic acids is 2. The summed E-state index contributed by atoms with van der Waals surface area (Å²) in [6.07, 6.45) is 2.36. The Morgan fingerprint density at radius 1 is 1.42 bits per heavy atom. The van der Waals surface area contributed by atoms with Gasteiger partial charge in [-0.1, -0.05) is 0 Å². The Labute approximate surface area is 75.3 Å². The van der Waals surface area contributed by atoms with Crippen LogP contribution in [0.3, 0.4) is 0 Å². The lowest BCUT2D eigenvalue weighted by atomic mass is 9.83. The lowest BCUT2D eigenvalue weighted by Crippen LogP contribution is -2.35. The van der Waals surface area contributed by atoms with Crippen molar-refractivity contribution in [3.63, 3.8) is 0 Å². The van der Waals surface area contributed by atoms with E-state index in [-0.39, 0.29) is 17.2 Å². The summed E-state index contributed by atoms with van der Waals surface area (Å²) in [6, 6.07) is 0. The molecule has 2 aliphatic rings. The first-order valence-electron chi connectivity index (χ1n) is 4.15. The van der Waals surface area contributed by atoms with Crippen molar-refractivity contribution < 1.29 is 9.59 Å². The zero-order valence-corrected chi connectivity index (χ0v) is 7.58. The summed E-state index contributed by atoms with van der Waals surface area (Å²) in [5.41, 5.74) is -0.333. The fourth-order valence-electron chi connectivity index (χ4n) is 1.86. The van der Waals surface area contributed by atoms with Crippen LogP contribution in [0.5, 0.6) is 0 Å². The molecular formula is C8H11NO2S. The normalized spacial score (nSPS) is 35.7. The van der Waals surface area contributed by atoms with E-state index in [4.69, 9.17) is 0 Å². The number of amides is 2. The van der Waals surface area contributed by atoms with Crippen molar-refractivity contribution in [2.45, 2.75) is 19.3 Å². The predicted molar refractivity (Wildman–Crippen MR) is 46.8 cm³/mol. The topological polar surface area (TPSA) is 46.2 Å². The molecule has 2 amide bonds. The third-order valence-corrected chi connectivity index (χ3v) is 3.89. The molecule has 1 N–H and O–H groups in total. The Morgan fingerprint density at radius 2 is 2.25 bits per heavy atom.